The van der Waals surface area contributed by atoms with Crippen LogP contribution in [0.3, 0.4) is 0 Å². The molecule has 2 heterocycles. The first-order chi connectivity index (χ1) is 9.85. The highest BCUT2D eigenvalue weighted by Crippen LogP contribution is 2.25. The van der Waals surface area contributed by atoms with Gasteiger partial charge < -0.3 is 19.9 Å². The highest BCUT2D eigenvalue weighted by atomic mass is 16.6. The first kappa shape index (κ1) is 16.6. The Bertz CT molecular complexity index is 348. The standard InChI is InChI=1S/C16H31N3O2/c1-13-11-14(12-18-9-6-17-7-10-18)5-8-19(13)15(20)21-16(2,3)4/h13-14,17H,5-12H2,1-4H3. The van der Waals surface area contributed by atoms with E-state index in [9.17, 15) is 4.79 Å². The average Bonchev–Trinajstić information content (AvgIpc) is 2.37. The van der Waals surface area contributed by atoms with Crippen LogP contribution in [0.5, 0.6) is 0 Å². The molecule has 2 aliphatic rings. The van der Waals surface area contributed by atoms with Gasteiger partial charge in [0, 0.05) is 45.3 Å². The molecule has 0 saturated carbocycles. The quantitative estimate of drug-likeness (QED) is 0.846. The Kier molecular flexibility index (Phi) is 5.49. The second-order valence-electron chi connectivity index (χ2n) is 7.46. The average molecular weight is 297 g/mol. The zero-order valence-electron chi connectivity index (χ0n) is 14.0. The Morgan fingerprint density at radius 2 is 1.90 bits per heavy atom. The monoisotopic (exact) mass is 297 g/mol. The molecule has 1 amide bonds. The van der Waals surface area contributed by atoms with Crippen molar-refractivity contribution in [3.8, 4) is 0 Å². The third kappa shape index (κ3) is 5.15. The molecule has 0 aromatic heterocycles. The maximum absolute atomic E-state index is 12.2. The third-order valence-electron chi connectivity index (χ3n) is 4.34. The Labute approximate surface area is 129 Å². The Morgan fingerprint density at radius 1 is 1.24 bits per heavy atom. The minimum Gasteiger partial charge on any atom is -0.444 e. The number of nitrogens with one attached hydrogen (secondary N) is 1. The lowest BCUT2D eigenvalue weighted by atomic mass is 9.91. The molecule has 5 heteroatoms. The van der Waals surface area contributed by atoms with E-state index < -0.39 is 5.60 Å². The summed E-state index contributed by atoms with van der Waals surface area (Å²) < 4.78 is 5.50. The largest absolute Gasteiger partial charge is 0.444 e. The van der Waals surface area contributed by atoms with Gasteiger partial charge in [0.2, 0.25) is 0 Å². The zero-order valence-corrected chi connectivity index (χ0v) is 14.0. The lowest BCUT2D eigenvalue weighted by molar-refractivity contribution is 0.00489. The third-order valence-corrected chi connectivity index (χ3v) is 4.34. The van der Waals surface area contributed by atoms with E-state index in [1.54, 1.807) is 0 Å². The fraction of sp³-hybridized carbons (Fsp3) is 0.938. The summed E-state index contributed by atoms with van der Waals surface area (Å²) in [5.74, 6) is 0.705. The van der Waals surface area contributed by atoms with Gasteiger partial charge in [-0.25, -0.2) is 4.79 Å². The molecule has 0 spiro atoms. The van der Waals surface area contributed by atoms with Crippen molar-refractivity contribution < 1.29 is 9.53 Å². The molecule has 1 N–H and O–H groups in total. The van der Waals surface area contributed by atoms with Crippen LogP contribution in [-0.4, -0.2) is 66.8 Å². The van der Waals surface area contributed by atoms with Crippen LogP contribution in [0.4, 0.5) is 4.79 Å². The molecule has 0 aliphatic carbocycles. The van der Waals surface area contributed by atoms with Crippen molar-refractivity contribution in [1.82, 2.24) is 15.1 Å². The van der Waals surface area contributed by atoms with Crippen LogP contribution in [0.2, 0.25) is 0 Å². The van der Waals surface area contributed by atoms with Gasteiger partial charge in [-0.05, 0) is 46.5 Å². The molecular formula is C16H31N3O2. The van der Waals surface area contributed by atoms with Gasteiger partial charge in [-0.3, -0.25) is 0 Å². The van der Waals surface area contributed by atoms with E-state index in [2.05, 4.69) is 17.1 Å². The van der Waals surface area contributed by atoms with Crippen LogP contribution in [0.25, 0.3) is 0 Å². The van der Waals surface area contributed by atoms with Crippen molar-refractivity contribution in [2.75, 3.05) is 39.3 Å². The summed E-state index contributed by atoms with van der Waals surface area (Å²) in [4.78, 5) is 16.7. The summed E-state index contributed by atoms with van der Waals surface area (Å²) >= 11 is 0. The highest BCUT2D eigenvalue weighted by Gasteiger charge is 2.32. The van der Waals surface area contributed by atoms with Crippen LogP contribution < -0.4 is 5.32 Å². The van der Waals surface area contributed by atoms with Crippen molar-refractivity contribution in [3.63, 3.8) is 0 Å². The fourth-order valence-electron chi connectivity index (χ4n) is 3.29. The number of ether oxygens (including phenoxy) is 1. The lowest BCUT2D eigenvalue weighted by Gasteiger charge is -2.40. The van der Waals surface area contributed by atoms with Crippen molar-refractivity contribution in [2.24, 2.45) is 5.92 Å². The Balaban J connectivity index is 1.79. The number of piperidine rings is 1. The highest BCUT2D eigenvalue weighted by molar-refractivity contribution is 5.68. The molecule has 21 heavy (non-hydrogen) atoms. The molecule has 0 radical (unpaired) electrons. The van der Waals surface area contributed by atoms with E-state index >= 15 is 0 Å². The first-order valence-electron chi connectivity index (χ1n) is 8.28. The molecule has 0 aromatic rings. The van der Waals surface area contributed by atoms with Crippen molar-refractivity contribution in [2.45, 2.75) is 52.2 Å². The SMILES string of the molecule is CC1CC(CN2CCNCC2)CCN1C(=O)OC(C)(C)C. The van der Waals surface area contributed by atoms with Gasteiger partial charge in [-0.2, -0.15) is 0 Å². The summed E-state index contributed by atoms with van der Waals surface area (Å²) in [6.07, 6.45) is 2.02. The minimum absolute atomic E-state index is 0.157. The maximum atomic E-state index is 12.2. The number of piperazine rings is 1. The molecule has 122 valence electrons. The molecule has 0 bridgehead atoms. The summed E-state index contributed by atoms with van der Waals surface area (Å²) in [5.41, 5.74) is -0.408. The maximum Gasteiger partial charge on any atom is 0.410 e. The summed E-state index contributed by atoms with van der Waals surface area (Å²) in [6.45, 7) is 14.4. The molecule has 2 saturated heterocycles. The van der Waals surface area contributed by atoms with E-state index in [1.165, 1.54) is 6.54 Å². The second-order valence-corrected chi connectivity index (χ2v) is 7.46. The predicted octanol–water partition coefficient (Wildman–Crippen LogP) is 1.93. The number of nitrogens with zero attached hydrogens (tertiary/aromatic N) is 2. The lowest BCUT2D eigenvalue weighted by Crippen LogP contribution is -2.50. The summed E-state index contributed by atoms with van der Waals surface area (Å²) in [7, 11) is 0. The van der Waals surface area contributed by atoms with E-state index in [1.807, 2.05) is 25.7 Å². The van der Waals surface area contributed by atoms with E-state index in [4.69, 9.17) is 4.74 Å². The van der Waals surface area contributed by atoms with Crippen LogP contribution in [0.1, 0.15) is 40.5 Å². The van der Waals surface area contributed by atoms with Gasteiger partial charge in [0.15, 0.2) is 0 Å². The molecule has 0 aromatic carbocycles. The topological polar surface area (TPSA) is 44.8 Å². The van der Waals surface area contributed by atoms with Gasteiger partial charge in [0.05, 0.1) is 0 Å². The fourth-order valence-corrected chi connectivity index (χ4v) is 3.29. The first-order valence-corrected chi connectivity index (χ1v) is 8.28. The Hall–Kier alpha value is -0.810. The molecule has 5 nitrogen and oxygen atoms in total. The number of carbonyl (C=O) groups excluding carboxylic acids is 1. The molecule has 2 fully saturated rings. The smallest absolute Gasteiger partial charge is 0.410 e. The van der Waals surface area contributed by atoms with Crippen LogP contribution in [-0.2, 0) is 4.74 Å². The number of amides is 1. The van der Waals surface area contributed by atoms with Gasteiger partial charge in [0.1, 0.15) is 5.60 Å². The van der Waals surface area contributed by atoms with Gasteiger partial charge >= 0.3 is 6.09 Å². The summed E-state index contributed by atoms with van der Waals surface area (Å²) in [5, 5.41) is 3.39. The molecule has 2 unspecified atom stereocenters. The van der Waals surface area contributed by atoms with Gasteiger partial charge in [-0.15, -0.1) is 0 Å². The number of likely N-dealkylation sites (tertiary alicyclic amines) is 1. The molecule has 2 atom stereocenters. The van der Waals surface area contributed by atoms with Crippen molar-refractivity contribution >= 4 is 6.09 Å². The molecule has 2 aliphatic heterocycles. The van der Waals surface area contributed by atoms with E-state index in [-0.39, 0.29) is 12.1 Å². The zero-order chi connectivity index (χ0) is 15.5. The number of hydrogen-bond acceptors (Lipinski definition) is 4. The van der Waals surface area contributed by atoms with Crippen molar-refractivity contribution in [3.05, 3.63) is 0 Å². The van der Waals surface area contributed by atoms with Crippen molar-refractivity contribution in [1.29, 1.82) is 0 Å². The van der Waals surface area contributed by atoms with Crippen LogP contribution in [0, 0.1) is 5.92 Å². The number of carbonyl (C=O) groups is 1. The normalized spacial score (nSPS) is 28.5. The summed E-state index contributed by atoms with van der Waals surface area (Å²) in [6, 6.07) is 0.279. The Morgan fingerprint density at radius 3 is 2.48 bits per heavy atom. The van der Waals surface area contributed by atoms with Gasteiger partial charge in [-0.1, -0.05) is 0 Å². The second kappa shape index (κ2) is 6.97. The van der Waals surface area contributed by atoms with Gasteiger partial charge in [0.25, 0.3) is 0 Å². The predicted molar refractivity (Wildman–Crippen MR) is 84.4 cm³/mol. The number of rotatable bonds is 2. The van der Waals surface area contributed by atoms with Crippen LogP contribution in [0.15, 0.2) is 0 Å². The minimum atomic E-state index is -0.408. The van der Waals surface area contributed by atoms with E-state index in [0.29, 0.717) is 5.92 Å². The van der Waals surface area contributed by atoms with E-state index in [0.717, 1.165) is 45.6 Å². The van der Waals surface area contributed by atoms with Crippen LogP contribution >= 0.6 is 0 Å². The molecule has 2 rings (SSSR count). The molecular weight excluding hydrogens is 266 g/mol. The number of hydrogen-bond donors (Lipinski definition) is 1.